The molecular weight excluding hydrogens is 320 g/mol. The van der Waals surface area contributed by atoms with E-state index < -0.39 is 11.7 Å². The van der Waals surface area contributed by atoms with Crippen LogP contribution in [0.1, 0.15) is 26.3 Å². The molecule has 0 spiro atoms. The number of nitrogens with zero attached hydrogens (tertiary/aromatic N) is 2. The van der Waals surface area contributed by atoms with Gasteiger partial charge < -0.3 is 14.4 Å². The third kappa shape index (κ3) is 5.52. The number of ether oxygens (including phenoxy) is 2. The Balaban J connectivity index is 1.90. The lowest BCUT2D eigenvalue weighted by Crippen LogP contribution is -2.56. The maximum absolute atomic E-state index is 12.3. The Morgan fingerprint density at radius 2 is 1.88 bits per heavy atom. The number of rotatable bonds is 3. The van der Waals surface area contributed by atoms with Gasteiger partial charge in [-0.15, -0.1) is 6.58 Å². The summed E-state index contributed by atoms with van der Waals surface area (Å²) in [6.07, 6.45) is 0.870. The lowest BCUT2D eigenvalue weighted by Gasteiger charge is -2.39. The second kappa shape index (κ2) is 8.05. The normalized spacial score (nSPS) is 17.8. The molecule has 1 saturated heterocycles. The zero-order valence-corrected chi connectivity index (χ0v) is 15.1. The predicted octanol–water partition coefficient (Wildman–Crippen LogP) is 3.43. The smallest absolute Gasteiger partial charge is 0.410 e. The van der Waals surface area contributed by atoms with Gasteiger partial charge >= 0.3 is 12.2 Å². The van der Waals surface area contributed by atoms with Crippen LogP contribution in [0.4, 0.5) is 9.59 Å². The van der Waals surface area contributed by atoms with E-state index in [1.165, 1.54) is 0 Å². The quantitative estimate of drug-likeness (QED) is 0.787. The van der Waals surface area contributed by atoms with Crippen molar-refractivity contribution in [3.05, 3.63) is 48.6 Å². The fourth-order valence-electron chi connectivity index (χ4n) is 2.54. The van der Waals surface area contributed by atoms with E-state index in [4.69, 9.17) is 9.47 Å². The van der Waals surface area contributed by atoms with Crippen molar-refractivity contribution in [3.63, 3.8) is 0 Å². The van der Waals surface area contributed by atoms with Crippen LogP contribution < -0.4 is 0 Å². The van der Waals surface area contributed by atoms with E-state index in [0.717, 1.165) is 5.56 Å². The van der Waals surface area contributed by atoms with E-state index in [9.17, 15) is 9.59 Å². The number of hydrogen-bond donors (Lipinski definition) is 0. The molecule has 1 atom stereocenters. The van der Waals surface area contributed by atoms with E-state index in [0.29, 0.717) is 19.6 Å². The Bertz CT molecular complexity index is 610. The van der Waals surface area contributed by atoms with E-state index in [1.807, 2.05) is 51.1 Å². The van der Waals surface area contributed by atoms with E-state index >= 15 is 0 Å². The zero-order chi connectivity index (χ0) is 18.4. The SMILES string of the molecule is C=CC1CN(C(=O)OCc2ccccc2)CCN1C(=O)OC(C)(C)C. The predicted molar refractivity (Wildman–Crippen MR) is 95.1 cm³/mol. The van der Waals surface area contributed by atoms with Crippen molar-refractivity contribution in [2.24, 2.45) is 0 Å². The van der Waals surface area contributed by atoms with Crippen LogP contribution in [-0.2, 0) is 16.1 Å². The molecule has 0 aliphatic carbocycles. The molecule has 1 heterocycles. The molecule has 2 rings (SSSR count). The maximum atomic E-state index is 12.3. The standard InChI is InChI=1S/C19H26N2O4/c1-5-16-13-20(11-12-21(16)18(23)25-19(2,3)4)17(22)24-14-15-9-7-6-8-10-15/h5-10,16H,1,11-14H2,2-4H3. The molecular formula is C19H26N2O4. The fourth-order valence-corrected chi connectivity index (χ4v) is 2.54. The summed E-state index contributed by atoms with van der Waals surface area (Å²) in [5.74, 6) is 0. The summed E-state index contributed by atoms with van der Waals surface area (Å²) in [7, 11) is 0. The highest BCUT2D eigenvalue weighted by molar-refractivity contribution is 5.71. The van der Waals surface area contributed by atoms with Gasteiger partial charge in [0.05, 0.1) is 6.04 Å². The first-order chi connectivity index (χ1) is 11.8. The molecule has 1 unspecified atom stereocenters. The van der Waals surface area contributed by atoms with Gasteiger partial charge in [0.15, 0.2) is 0 Å². The molecule has 2 amide bonds. The fraction of sp³-hybridized carbons (Fsp3) is 0.474. The van der Waals surface area contributed by atoms with Crippen molar-refractivity contribution < 1.29 is 19.1 Å². The van der Waals surface area contributed by atoms with Crippen molar-refractivity contribution >= 4 is 12.2 Å². The molecule has 1 aromatic rings. The second-order valence-corrected chi connectivity index (χ2v) is 6.96. The highest BCUT2D eigenvalue weighted by Gasteiger charge is 2.33. The Morgan fingerprint density at radius 1 is 1.20 bits per heavy atom. The zero-order valence-electron chi connectivity index (χ0n) is 15.1. The first kappa shape index (κ1) is 18.8. The number of benzene rings is 1. The molecule has 0 N–H and O–H groups in total. The molecule has 25 heavy (non-hydrogen) atoms. The Morgan fingerprint density at radius 3 is 2.48 bits per heavy atom. The van der Waals surface area contributed by atoms with Gasteiger partial charge in [-0.3, -0.25) is 4.90 Å². The topological polar surface area (TPSA) is 59.1 Å². The van der Waals surface area contributed by atoms with E-state index in [-0.39, 0.29) is 18.7 Å². The minimum atomic E-state index is -0.561. The molecule has 1 aliphatic rings. The largest absolute Gasteiger partial charge is 0.445 e. The first-order valence-corrected chi connectivity index (χ1v) is 8.38. The summed E-state index contributed by atoms with van der Waals surface area (Å²) in [5, 5.41) is 0. The summed E-state index contributed by atoms with van der Waals surface area (Å²) >= 11 is 0. The number of piperazine rings is 1. The van der Waals surface area contributed by atoms with Crippen LogP contribution in [0.2, 0.25) is 0 Å². The van der Waals surface area contributed by atoms with Gasteiger partial charge in [-0.25, -0.2) is 9.59 Å². The van der Waals surface area contributed by atoms with Crippen LogP contribution in [0, 0.1) is 0 Å². The monoisotopic (exact) mass is 346 g/mol. The van der Waals surface area contributed by atoms with Gasteiger partial charge in [-0.05, 0) is 26.3 Å². The number of carbonyl (C=O) groups excluding carboxylic acids is 2. The molecule has 1 fully saturated rings. The number of hydrogen-bond acceptors (Lipinski definition) is 4. The number of amides is 2. The Kier molecular flexibility index (Phi) is 6.07. The third-order valence-electron chi connectivity index (χ3n) is 3.78. The molecule has 6 heteroatoms. The Hall–Kier alpha value is -2.50. The average molecular weight is 346 g/mol. The van der Waals surface area contributed by atoms with Gasteiger partial charge in [0.25, 0.3) is 0 Å². The molecule has 136 valence electrons. The molecule has 1 aliphatic heterocycles. The minimum Gasteiger partial charge on any atom is -0.445 e. The summed E-state index contributed by atoms with van der Waals surface area (Å²) in [6, 6.07) is 9.22. The van der Waals surface area contributed by atoms with Crippen LogP contribution in [0.5, 0.6) is 0 Å². The van der Waals surface area contributed by atoms with Crippen molar-refractivity contribution in [1.29, 1.82) is 0 Å². The van der Waals surface area contributed by atoms with Gasteiger partial charge in [0.2, 0.25) is 0 Å². The second-order valence-electron chi connectivity index (χ2n) is 6.96. The van der Waals surface area contributed by atoms with Crippen LogP contribution >= 0.6 is 0 Å². The van der Waals surface area contributed by atoms with Crippen LogP contribution in [-0.4, -0.2) is 53.3 Å². The Labute approximate surface area is 149 Å². The molecule has 1 aromatic carbocycles. The third-order valence-corrected chi connectivity index (χ3v) is 3.78. The molecule has 0 aromatic heterocycles. The summed E-state index contributed by atoms with van der Waals surface area (Å²) in [4.78, 5) is 27.8. The lowest BCUT2D eigenvalue weighted by atomic mass is 10.1. The summed E-state index contributed by atoms with van der Waals surface area (Å²) in [6.45, 7) is 10.6. The summed E-state index contributed by atoms with van der Waals surface area (Å²) < 4.78 is 10.8. The van der Waals surface area contributed by atoms with Crippen LogP contribution in [0.25, 0.3) is 0 Å². The van der Waals surface area contributed by atoms with Crippen LogP contribution in [0.3, 0.4) is 0 Å². The van der Waals surface area contributed by atoms with Crippen molar-refractivity contribution in [1.82, 2.24) is 9.80 Å². The van der Waals surface area contributed by atoms with E-state index in [2.05, 4.69) is 6.58 Å². The van der Waals surface area contributed by atoms with Crippen LogP contribution in [0.15, 0.2) is 43.0 Å². The molecule has 0 bridgehead atoms. The van der Waals surface area contributed by atoms with Crippen molar-refractivity contribution in [2.45, 2.75) is 39.0 Å². The van der Waals surface area contributed by atoms with Gasteiger partial charge in [-0.1, -0.05) is 36.4 Å². The van der Waals surface area contributed by atoms with Gasteiger partial charge in [-0.2, -0.15) is 0 Å². The van der Waals surface area contributed by atoms with E-state index in [1.54, 1.807) is 15.9 Å². The van der Waals surface area contributed by atoms with Crippen molar-refractivity contribution in [2.75, 3.05) is 19.6 Å². The first-order valence-electron chi connectivity index (χ1n) is 8.38. The van der Waals surface area contributed by atoms with Crippen molar-refractivity contribution in [3.8, 4) is 0 Å². The number of carbonyl (C=O) groups is 2. The minimum absolute atomic E-state index is 0.227. The highest BCUT2D eigenvalue weighted by atomic mass is 16.6. The summed E-state index contributed by atoms with van der Waals surface area (Å²) in [5.41, 5.74) is 0.373. The van der Waals surface area contributed by atoms with Gasteiger partial charge in [0.1, 0.15) is 12.2 Å². The highest BCUT2D eigenvalue weighted by Crippen LogP contribution is 2.17. The lowest BCUT2D eigenvalue weighted by molar-refractivity contribution is 0.00356. The average Bonchev–Trinajstić information content (AvgIpc) is 2.58. The molecule has 0 radical (unpaired) electrons. The maximum Gasteiger partial charge on any atom is 0.410 e. The molecule has 0 saturated carbocycles. The van der Waals surface area contributed by atoms with Gasteiger partial charge in [0, 0.05) is 19.6 Å². The molecule has 6 nitrogen and oxygen atoms in total.